The number of nitrogens with zero attached hydrogens (tertiary/aromatic N) is 1. The Kier molecular flexibility index (Phi) is 6.97. The van der Waals surface area contributed by atoms with Crippen LogP contribution in [0.3, 0.4) is 0 Å². The fraction of sp³-hybridized carbons (Fsp3) is 0.474. The van der Waals surface area contributed by atoms with Crippen LogP contribution in [0.1, 0.15) is 45.4 Å². The van der Waals surface area contributed by atoms with Crippen molar-refractivity contribution in [1.82, 2.24) is 5.32 Å². The zero-order valence-electron chi connectivity index (χ0n) is 14.2. The van der Waals surface area contributed by atoms with E-state index in [4.69, 9.17) is 0 Å². The summed E-state index contributed by atoms with van der Waals surface area (Å²) in [5.74, 6) is -0.855. The first kappa shape index (κ1) is 18.2. The lowest BCUT2D eigenvalue weighted by atomic mass is 9.97. The molecule has 0 bridgehead atoms. The van der Waals surface area contributed by atoms with Crippen LogP contribution in [0.2, 0.25) is 0 Å². The second-order valence-electron chi connectivity index (χ2n) is 6.08. The molecule has 0 spiro atoms. The standard InChI is InChI=1S/C19H25FN2O2/c1-15(23)22(18-10-6-5-9-17(18)20)14-12-19(24)21-13-11-16-7-3-2-4-8-16/h5-7,9-10H,2-4,8,11-14H2,1H3,(H,21,24). The lowest BCUT2D eigenvalue weighted by Gasteiger charge is -2.21. The first-order valence-electron chi connectivity index (χ1n) is 8.55. The molecule has 5 heteroatoms. The van der Waals surface area contributed by atoms with E-state index in [0.717, 1.165) is 19.3 Å². The normalized spacial score (nSPS) is 14.0. The molecule has 24 heavy (non-hydrogen) atoms. The van der Waals surface area contributed by atoms with E-state index < -0.39 is 5.82 Å². The zero-order valence-corrected chi connectivity index (χ0v) is 14.2. The Balaban J connectivity index is 1.79. The highest BCUT2D eigenvalue weighted by Gasteiger charge is 2.16. The molecule has 0 saturated carbocycles. The molecule has 0 radical (unpaired) electrons. The highest BCUT2D eigenvalue weighted by Crippen LogP contribution is 2.20. The number of carbonyl (C=O) groups excluding carboxylic acids is 2. The fourth-order valence-corrected chi connectivity index (χ4v) is 2.91. The first-order valence-corrected chi connectivity index (χ1v) is 8.55. The molecule has 1 aromatic rings. The smallest absolute Gasteiger partial charge is 0.223 e. The van der Waals surface area contributed by atoms with Crippen molar-refractivity contribution >= 4 is 17.5 Å². The van der Waals surface area contributed by atoms with Crippen LogP contribution in [-0.2, 0) is 9.59 Å². The van der Waals surface area contributed by atoms with Crippen molar-refractivity contribution in [1.29, 1.82) is 0 Å². The number of rotatable bonds is 7. The second kappa shape index (κ2) is 9.21. The number of benzene rings is 1. The van der Waals surface area contributed by atoms with E-state index in [1.54, 1.807) is 18.2 Å². The van der Waals surface area contributed by atoms with Crippen molar-refractivity contribution < 1.29 is 14.0 Å². The third kappa shape index (κ3) is 5.48. The maximum atomic E-state index is 13.8. The van der Waals surface area contributed by atoms with Gasteiger partial charge in [-0.25, -0.2) is 4.39 Å². The number of nitrogens with one attached hydrogen (secondary N) is 1. The van der Waals surface area contributed by atoms with Crippen LogP contribution in [0, 0.1) is 5.82 Å². The monoisotopic (exact) mass is 332 g/mol. The summed E-state index contributed by atoms with van der Waals surface area (Å²) in [6.45, 7) is 2.16. The van der Waals surface area contributed by atoms with E-state index in [9.17, 15) is 14.0 Å². The van der Waals surface area contributed by atoms with Crippen molar-refractivity contribution in [2.24, 2.45) is 0 Å². The average Bonchev–Trinajstić information content (AvgIpc) is 2.57. The molecule has 1 aromatic carbocycles. The van der Waals surface area contributed by atoms with Crippen LogP contribution >= 0.6 is 0 Å². The highest BCUT2D eigenvalue weighted by atomic mass is 19.1. The Hall–Kier alpha value is -2.17. The molecule has 4 nitrogen and oxygen atoms in total. The van der Waals surface area contributed by atoms with E-state index in [0.29, 0.717) is 6.54 Å². The average molecular weight is 332 g/mol. The lowest BCUT2D eigenvalue weighted by Crippen LogP contribution is -2.34. The number of anilines is 1. The Labute approximate surface area is 142 Å². The van der Waals surface area contributed by atoms with Crippen LogP contribution in [0.5, 0.6) is 0 Å². The van der Waals surface area contributed by atoms with Gasteiger partial charge in [0.2, 0.25) is 11.8 Å². The van der Waals surface area contributed by atoms with E-state index in [1.807, 2.05) is 0 Å². The Bertz CT molecular complexity index is 613. The van der Waals surface area contributed by atoms with Crippen LogP contribution in [-0.4, -0.2) is 24.9 Å². The quantitative estimate of drug-likeness (QED) is 0.776. The van der Waals surface area contributed by atoms with Gasteiger partial charge in [0.1, 0.15) is 5.82 Å². The molecule has 0 fully saturated rings. The Morgan fingerprint density at radius 3 is 2.71 bits per heavy atom. The van der Waals surface area contributed by atoms with E-state index in [-0.39, 0.29) is 30.5 Å². The predicted octanol–water partition coefficient (Wildman–Crippen LogP) is 3.58. The molecule has 0 saturated heterocycles. The molecule has 0 aliphatic heterocycles. The maximum Gasteiger partial charge on any atom is 0.223 e. The summed E-state index contributed by atoms with van der Waals surface area (Å²) >= 11 is 0. The van der Waals surface area contributed by atoms with Crippen molar-refractivity contribution in [2.45, 2.75) is 45.4 Å². The van der Waals surface area contributed by atoms with Gasteiger partial charge < -0.3 is 10.2 Å². The van der Waals surface area contributed by atoms with E-state index >= 15 is 0 Å². The van der Waals surface area contributed by atoms with Gasteiger partial charge in [0.15, 0.2) is 0 Å². The molecule has 2 amide bonds. The summed E-state index contributed by atoms with van der Waals surface area (Å²) < 4.78 is 13.8. The minimum Gasteiger partial charge on any atom is -0.356 e. The summed E-state index contributed by atoms with van der Waals surface area (Å²) in [6, 6.07) is 6.10. The van der Waals surface area contributed by atoms with Gasteiger partial charge in [0, 0.05) is 26.4 Å². The van der Waals surface area contributed by atoms with Crippen molar-refractivity contribution in [3.63, 3.8) is 0 Å². The lowest BCUT2D eigenvalue weighted by molar-refractivity contribution is -0.121. The summed E-state index contributed by atoms with van der Waals surface area (Å²) in [5.41, 5.74) is 1.63. The predicted molar refractivity (Wildman–Crippen MR) is 93.2 cm³/mol. The van der Waals surface area contributed by atoms with Crippen LogP contribution in [0.15, 0.2) is 35.9 Å². The zero-order chi connectivity index (χ0) is 17.4. The number of hydrogen-bond donors (Lipinski definition) is 1. The Morgan fingerprint density at radius 2 is 2.04 bits per heavy atom. The van der Waals surface area contributed by atoms with E-state index in [2.05, 4.69) is 11.4 Å². The number of halogens is 1. The molecule has 1 aliphatic rings. The number of carbonyl (C=O) groups is 2. The summed E-state index contributed by atoms with van der Waals surface area (Å²) in [7, 11) is 0. The van der Waals surface area contributed by atoms with Gasteiger partial charge in [-0.3, -0.25) is 9.59 Å². The van der Waals surface area contributed by atoms with Crippen molar-refractivity contribution in [2.75, 3.05) is 18.0 Å². The third-order valence-electron chi connectivity index (χ3n) is 4.24. The number of amides is 2. The largest absolute Gasteiger partial charge is 0.356 e. The molecular formula is C19H25FN2O2. The van der Waals surface area contributed by atoms with Gasteiger partial charge in [-0.2, -0.15) is 0 Å². The van der Waals surface area contributed by atoms with Gasteiger partial charge in [-0.1, -0.05) is 23.8 Å². The minimum atomic E-state index is -0.461. The molecule has 1 aliphatic carbocycles. The molecule has 1 N–H and O–H groups in total. The van der Waals surface area contributed by atoms with E-state index in [1.165, 1.54) is 36.3 Å². The van der Waals surface area contributed by atoms with Crippen LogP contribution < -0.4 is 10.2 Å². The second-order valence-corrected chi connectivity index (χ2v) is 6.08. The molecular weight excluding hydrogens is 307 g/mol. The van der Waals surface area contributed by atoms with Crippen molar-refractivity contribution in [3.05, 3.63) is 41.7 Å². The highest BCUT2D eigenvalue weighted by molar-refractivity contribution is 5.92. The van der Waals surface area contributed by atoms with Gasteiger partial charge in [-0.05, 0) is 44.2 Å². The summed E-state index contributed by atoms with van der Waals surface area (Å²) in [5, 5.41) is 2.88. The SMILES string of the molecule is CC(=O)N(CCC(=O)NCCC1=CCCCC1)c1ccccc1F. The number of para-hydroxylation sites is 1. The van der Waals surface area contributed by atoms with Crippen LogP contribution in [0.4, 0.5) is 10.1 Å². The first-order chi connectivity index (χ1) is 11.6. The summed E-state index contributed by atoms with van der Waals surface area (Å²) in [4.78, 5) is 25.0. The van der Waals surface area contributed by atoms with Gasteiger partial charge in [0.05, 0.1) is 5.69 Å². The molecule has 0 atom stereocenters. The molecule has 0 aromatic heterocycles. The van der Waals surface area contributed by atoms with Gasteiger partial charge >= 0.3 is 0 Å². The van der Waals surface area contributed by atoms with Crippen LogP contribution in [0.25, 0.3) is 0 Å². The topological polar surface area (TPSA) is 49.4 Å². The number of hydrogen-bond acceptors (Lipinski definition) is 2. The minimum absolute atomic E-state index is 0.117. The summed E-state index contributed by atoms with van der Waals surface area (Å²) in [6.07, 6.45) is 8.07. The molecule has 0 unspecified atom stereocenters. The maximum absolute atomic E-state index is 13.8. The third-order valence-corrected chi connectivity index (χ3v) is 4.24. The fourth-order valence-electron chi connectivity index (χ4n) is 2.91. The molecule has 2 rings (SSSR count). The molecule has 0 heterocycles. The molecule has 130 valence electrons. The Morgan fingerprint density at radius 1 is 1.25 bits per heavy atom. The van der Waals surface area contributed by atoms with Gasteiger partial charge in [0.25, 0.3) is 0 Å². The van der Waals surface area contributed by atoms with Crippen molar-refractivity contribution in [3.8, 4) is 0 Å². The van der Waals surface area contributed by atoms with Gasteiger partial charge in [-0.15, -0.1) is 0 Å². The number of allylic oxidation sites excluding steroid dienone is 1.